The molecule has 152 valence electrons. The van der Waals surface area contributed by atoms with Crippen LogP contribution in [0.5, 0.6) is 11.8 Å². The first-order valence-corrected chi connectivity index (χ1v) is 10.9. The molecule has 0 amide bonds. The van der Waals surface area contributed by atoms with E-state index in [9.17, 15) is 5.11 Å². The van der Waals surface area contributed by atoms with Gasteiger partial charge in [-0.05, 0) is 52.6 Å². The molecule has 0 aliphatic carbocycles. The molecule has 1 aliphatic heterocycles. The highest BCUT2D eigenvalue weighted by Crippen LogP contribution is 2.21. The molecule has 3 heterocycles. The van der Waals surface area contributed by atoms with E-state index in [1.807, 2.05) is 12.1 Å². The predicted molar refractivity (Wildman–Crippen MR) is 114 cm³/mol. The molecule has 1 aromatic carbocycles. The molecule has 3 aromatic rings. The zero-order chi connectivity index (χ0) is 19.9. The average molecular weight is 411 g/mol. The molecule has 0 bridgehead atoms. The van der Waals surface area contributed by atoms with Crippen LogP contribution < -0.4 is 4.74 Å². The minimum Gasteiger partial charge on any atom is -0.424 e. The van der Waals surface area contributed by atoms with Gasteiger partial charge in [-0.25, -0.2) is 9.97 Å². The lowest BCUT2D eigenvalue weighted by atomic mass is 10.1. The molecule has 0 saturated carbocycles. The second kappa shape index (κ2) is 9.93. The number of aromatic nitrogens is 2. The fourth-order valence-corrected chi connectivity index (χ4v) is 4.37. The lowest BCUT2D eigenvalue weighted by molar-refractivity contribution is 0.0500. The van der Waals surface area contributed by atoms with E-state index in [4.69, 9.17) is 4.74 Å². The van der Waals surface area contributed by atoms with Gasteiger partial charge in [0.25, 0.3) is 0 Å². The summed E-state index contributed by atoms with van der Waals surface area (Å²) in [5.74, 6) is 0.735. The van der Waals surface area contributed by atoms with Gasteiger partial charge in [0.05, 0.1) is 0 Å². The number of hydrogen-bond acceptors (Lipinski definition) is 7. The Morgan fingerprint density at radius 2 is 1.86 bits per heavy atom. The smallest absolute Gasteiger partial charge is 0.321 e. The molecule has 0 radical (unpaired) electrons. The van der Waals surface area contributed by atoms with Gasteiger partial charge in [-0.3, -0.25) is 9.80 Å². The highest BCUT2D eigenvalue weighted by molar-refractivity contribution is 7.07. The van der Waals surface area contributed by atoms with Crippen LogP contribution in [-0.2, 0) is 13.1 Å². The molecule has 4 rings (SSSR count). The lowest BCUT2D eigenvalue weighted by Crippen LogP contribution is -2.52. The van der Waals surface area contributed by atoms with Crippen LogP contribution in [0, 0.1) is 0 Å². The van der Waals surface area contributed by atoms with E-state index in [1.54, 1.807) is 29.8 Å². The van der Waals surface area contributed by atoms with E-state index in [1.165, 1.54) is 11.1 Å². The Morgan fingerprint density at radius 1 is 1.03 bits per heavy atom. The third kappa shape index (κ3) is 5.61. The normalized spacial score (nSPS) is 18.0. The zero-order valence-electron chi connectivity index (χ0n) is 16.4. The Balaban J connectivity index is 1.33. The number of benzene rings is 1. The van der Waals surface area contributed by atoms with Crippen LogP contribution in [0.15, 0.2) is 59.6 Å². The summed E-state index contributed by atoms with van der Waals surface area (Å²) in [6.07, 6.45) is 4.14. The standard InChI is InChI=1S/C22H26N4O2S/c27-12-6-20-16-25(10-11-26(20)15-19-7-13-29-17-19)14-18-2-4-21(5-3-18)28-22-23-8-1-9-24-22/h1-5,7-9,13,17,20,27H,6,10-12,14-16H2/t20-/m1/s1. The van der Waals surface area contributed by atoms with Crippen molar-refractivity contribution < 1.29 is 9.84 Å². The Labute approximate surface area is 175 Å². The highest BCUT2D eigenvalue weighted by Gasteiger charge is 2.26. The Hall–Kier alpha value is -2.32. The minimum absolute atomic E-state index is 0.228. The topological polar surface area (TPSA) is 61.7 Å². The van der Waals surface area contributed by atoms with Crippen molar-refractivity contribution in [3.8, 4) is 11.8 Å². The lowest BCUT2D eigenvalue weighted by Gasteiger charge is -2.41. The van der Waals surface area contributed by atoms with Gasteiger partial charge in [-0.15, -0.1) is 0 Å². The van der Waals surface area contributed by atoms with Crippen LogP contribution in [0.4, 0.5) is 0 Å². The van der Waals surface area contributed by atoms with Gasteiger partial charge in [0.2, 0.25) is 0 Å². The van der Waals surface area contributed by atoms with Gasteiger partial charge in [0.15, 0.2) is 0 Å². The summed E-state index contributed by atoms with van der Waals surface area (Å²) in [6.45, 7) is 5.12. The Morgan fingerprint density at radius 3 is 2.59 bits per heavy atom. The molecule has 1 N–H and O–H groups in total. The summed E-state index contributed by atoms with van der Waals surface area (Å²) in [5, 5.41) is 13.9. The zero-order valence-corrected chi connectivity index (χ0v) is 17.2. The Bertz CT molecular complexity index is 858. The number of aliphatic hydroxyl groups excluding tert-OH is 1. The number of hydrogen-bond donors (Lipinski definition) is 1. The maximum Gasteiger partial charge on any atom is 0.321 e. The van der Waals surface area contributed by atoms with E-state index in [2.05, 4.69) is 48.7 Å². The number of rotatable bonds is 8. The van der Waals surface area contributed by atoms with Crippen LogP contribution in [0.3, 0.4) is 0 Å². The molecular weight excluding hydrogens is 384 g/mol. The molecule has 29 heavy (non-hydrogen) atoms. The second-order valence-corrected chi connectivity index (χ2v) is 8.06. The largest absolute Gasteiger partial charge is 0.424 e. The van der Waals surface area contributed by atoms with E-state index >= 15 is 0 Å². The van der Waals surface area contributed by atoms with Crippen LogP contribution >= 0.6 is 11.3 Å². The summed E-state index contributed by atoms with van der Waals surface area (Å²) in [6, 6.07) is 12.8. The van der Waals surface area contributed by atoms with E-state index in [0.29, 0.717) is 12.1 Å². The average Bonchev–Trinajstić information content (AvgIpc) is 3.26. The van der Waals surface area contributed by atoms with Crippen molar-refractivity contribution in [2.75, 3.05) is 26.2 Å². The molecule has 1 aliphatic rings. The maximum absolute atomic E-state index is 9.52. The van der Waals surface area contributed by atoms with Gasteiger partial charge in [-0.2, -0.15) is 11.3 Å². The van der Waals surface area contributed by atoms with Crippen LogP contribution in [0.2, 0.25) is 0 Å². The van der Waals surface area contributed by atoms with Crippen molar-refractivity contribution in [3.63, 3.8) is 0 Å². The SMILES string of the molecule is OCC[C@@H]1CN(Cc2ccc(Oc3ncccn3)cc2)CCN1Cc1ccsc1. The third-order valence-corrected chi connectivity index (χ3v) is 5.93. The number of piperazine rings is 1. The van der Waals surface area contributed by atoms with E-state index < -0.39 is 0 Å². The van der Waals surface area contributed by atoms with Crippen LogP contribution in [-0.4, -0.2) is 57.2 Å². The Kier molecular flexibility index (Phi) is 6.84. The summed E-state index contributed by atoms with van der Waals surface area (Å²) in [7, 11) is 0. The van der Waals surface area contributed by atoms with Gasteiger partial charge in [0.1, 0.15) is 5.75 Å². The first kappa shape index (κ1) is 20.0. The minimum atomic E-state index is 0.228. The summed E-state index contributed by atoms with van der Waals surface area (Å²) >= 11 is 1.74. The van der Waals surface area contributed by atoms with Gasteiger partial charge in [-0.1, -0.05) is 12.1 Å². The molecule has 0 spiro atoms. The fourth-order valence-electron chi connectivity index (χ4n) is 3.71. The predicted octanol–water partition coefficient (Wildman–Crippen LogP) is 3.40. The number of thiophene rings is 1. The molecule has 7 heteroatoms. The van der Waals surface area contributed by atoms with E-state index in [0.717, 1.165) is 44.9 Å². The van der Waals surface area contributed by atoms with Crippen molar-refractivity contribution in [1.29, 1.82) is 0 Å². The quantitative estimate of drug-likeness (QED) is 0.614. The van der Waals surface area contributed by atoms with Crippen molar-refractivity contribution >= 4 is 11.3 Å². The molecule has 6 nitrogen and oxygen atoms in total. The molecule has 1 saturated heterocycles. The highest BCUT2D eigenvalue weighted by atomic mass is 32.1. The van der Waals surface area contributed by atoms with Crippen molar-refractivity contribution in [2.45, 2.75) is 25.6 Å². The van der Waals surface area contributed by atoms with Crippen molar-refractivity contribution in [1.82, 2.24) is 19.8 Å². The van der Waals surface area contributed by atoms with Gasteiger partial charge < -0.3 is 9.84 Å². The number of aliphatic hydroxyl groups is 1. The second-order valence-electron chi connectivity index (χ2n) is 7.28. The first-order valence-electron chi connectivity index (χ1n) is 9.92. The molecule has 2 aromatic heterocycles. The number of ether oxygens (including phenoxy) is 1. The van der Waals surface area contributed by atoms with Gasteiger partial charge >= 0.3 is 6.01 Å². The number of nitrogens with zero attached hydrogens (tertiary/aromatic N) is 4. The molecule has 1 fully saturated rings. The monoisotopic (exact) mass is 410 g/mol. The molecule has 0 unspecified atom stereocenters. The third-order valence-electron chi connectivity index (χ3n) is 5.20. The van der Waals surface area contributed by atoms with Crippen LogP contribution in [0.25, 0.3) is 0 Å². The first-order chi connectivity index (χ1) is 14.3. The van der Waals surface area contributed by atoms with Crippen molar-refractivity contribution in [3.05, 3.63) is 70.7 Å². The van der Waals surface area contributed by atoms with Crippen LogP contribution in [0.1, 0.15) is 17.5 Å². The van der Waals surface area contributed by atoms with E-state index in [-0.39, 0.29) is 6.61 Å². The fraction of sp³-hybridized carbons (Fsp3) is 0.364. The molecule has 1 atom stereocenters. The summed E-state index contributed by atoms with van der Waals surface area (Å²) in [4.78, 5) is 13.1. The molecular formula is C22H26N4O2S. The van der Waals surface area contributed by atoms with Crippen molar-refractivity contribution in [2.24, 2.45) is 0 Å². The summed E-state index contributed by atoms with van der Waals surface area (Å²) < 4.78 is 5.67. The summed E-state index contributed by atoms with van der Waals surface area (Å²) in [5.41, 5.74) is 2.62. The van der Waals surface area contributed by atoms with Gasteiger partial charge in [0, 0.05) is 57.8 Å². The maximum atomic E-state index is 9.52.